The van der Waals surface area contributed by atoms with Crippen molar-refractivity contribution in [1.82, 2.24) is 5.32 Å². The molecule has 0 saturated carbocycles. The first-order valence-corrected chi connectivity index (χ1v) is 13.4. The number of amides is 2. The Morgan fingerprint density at radius 3 is 2.32 bits per heavy atom. The molecule has 4 rings (SSSR count). The number of hydrogen-bond acceptors (Lipinski definition) is 5. The molecule has 0 aromatic heterocycles. The number of rotatable bonds is 7. The number of allylic oxidation sites excluding steroid dienone is 2. The molecule has 0 fully saturated rings. The first-order chi connectivity index (χ1) is 18.3. The molecule has 38 heavy (non-hydrogen) atoms. The van der Waals surface area contributed by atoms with Crippen molar-refractivity contribution in [3.63, 3.8) is 0 Å². The van der Waals surface area contributed by atoms with E-state index in [-0.39, 0.29) is 17.6 Å². The van der Waals surface area contributed by atoms with Crippen LogP contribution < -0.4 is 16.0 Å². The summed E-state index contributed by atoms with van der Waals surface area (Å²) in [4.78, 5) is 26.2. The van der Waals surface area contributed by atoms with Gasteiger partial charge in [-0.1, -0.05) is 71.4 Å². The Labute approximate surface area is 235 Å². The molecule has 3 N–H and O–H groups in total. The molecule has 1 aliphatic heterocycles. The van der Waals surface area contributed by atoms with Crippen molar-refractivity contribution >= 4 is 58.2 Å². The van der Waals surface area contributed by atoms with Crippen LogP contribution >= 0.6 is 35.0 Å². The highest BCUT2D eigenvalue weighted by Gasteiger charge is 2.34. The molecule has 1 atom stereocenters. The van der Waals surface area contributed by atoms with Gasteiger partial charge in [-0.2, -0.15) is 5.26 Å². The topological polar surface area (TPSA) is 94.0 Å². The van der Waals surface area contributed by atoms with Crippen LogP contribution in [0.1, 0.15) is 24.0 Å². The molecule has 3 aromatic rings. The summed E-state index contributed by atoms with van der Waals surface area (Å²) in [7, 11) is 0. The lowest BCUT2D eigenvalue weighted by Gasteiger charge is -2.30. The van der Waals surface area contributed by atoms with E-state index in [0.29, 0.717) is 43.3 Å². The third kappa shape index (κ3) is 6.40. The lowest BCUT2D eigenvalue weighted by Crippen LogP contribution is -2.31. The maximum atomic E-state index is 13.5. The second kappa shape index (κ2) is 12.2. The number of nitrogens with one attached hydrogen (secondary N) is 3. The summed E-state index contributed by atoms with van der Waals surface area (Å²) >= 11 is 13.4. The number of halogens is 2. The highest BCUT2D eigenvalue weighted by Crippen LogP contribution is 2.41. The largest absolute Gasteiger partial charge is 0.353 e. The summed E-state index contributed by atoms with van der Waals surface area (Å²) in [5, 5.41) is 20.8. The number of carbonyl (C=O) groups is 2. The van der Waals surface area contributed by atoms with Crippen molar-refractivity contribution in [1.29, 1.82) is 5.26 Å². The first kappa shape index (κ1) is 27.3. The first-order valence-electron chi connectivity index (χ1n) is 11.7. The molecule has 1 heterocycles. The van der Waals surface area contributed by atoms with Crippen LogP contribution in [0.2, 0.25) is 10.0 Å². The van der Waals surface area contributed by atoms with Gasteiger partial charge in [-0.25, -0.2) is 0 Å². The van der Waals surface area contributed by atoms with Crippen LogP contribution in [0.3, 0.4) is 0 Å². The van der Waals surface area contributed by atoms with Gasteiger partial charge in [0, 0.05) is 32.7 Å². The van der Waals surface area contributed by atoms with Crippen molar-refractivity contribution in [2.45, 2.75) is 19.8 Å². The zero-order valence-electron chi connectivity index (χ0n) is 20.6. The number of benzene rings is 3. The van der Waals surface area contributed by atoms with Crippen molar-refractivity contribution in [2.24, 2.45) is 0 Å². The monoisotopic (exact) mass is 562 g/mol. The van der Waals surface area contributed by atoms with E-state index >= 15 is 0 Å². The predicted molar refractivity (Wildman–Crippen MR) is 155 cm³/mol. The molecule has 3 aromatic carbocycles. The average Bonchev–Trinajstić information content (AvgIpc) is 2.90. The van der Waals surface area contributed by atoms with Crippen LogP contribution in [0.5, 0.6) is 0 Å². The zero-order chi connectivity index (χ0) is 27.2. The van der Waals surface area contributed by atoms with Crippen LogP contribution in [0, 0.1) is 18.3 Å². The molecule has 2 amide bonds. The van der Waals surface area contributed by atoms with E-state index in [1.807, 2.05) is 43.3 Å². The van der Waals surface area contributed by atoms with Gasteiger partial charge in [0.1, 0.15) is 0 Å². The summed E-state index contributed by atoms with van der Waals surface area (Å²) in [6.45, 7) is 3.67. The Balaban J connectivity index is 1.59. The van der Waals surface area contributed by atoms with E-state index in [0.717, 1.165) is 11.1 Å². The van der Waals surface area contributed by atoms with Gasteiger partial charge in [-0.15, -0.1) is 0 Å². The number of nitrogens with zero attached hydrogens (tertiary/aromatic N) is 1. The quantitative estimate of drug-likeness (QED) is 0.288. The van der Waals surface area contributed by atoms with Gasteiger partial charge < -0.3 is 16.0 Å². The number of dihydropyridines is 1. The lowest BCUT2D eigenvalue weighted by atomic mass is 9.82. The summed E-state index contributed by atoms with van der Waals surface area (Å²) in [6, 6.07) is 23.8. The number of aryl methyl sites for hydroxylation is 1. The van der Waals surface area contributed by atoms with Gasteiger partial charge >= 0.3 is 0 Å². The fraction of sp³-hybridized carbons (Fsp3) is 0.138. The van der Waals surface area contributed by atoms with E-state index < -0.39 is 5.92 Å². The predicted octanol–water partition coefficient (Wildman–Crippen LogP) is 7.01. The van der Waals surface area contributed by atoms with E-state index in [2.05, 4.69) is 22.0 Å². The third-order valence-electron chi connectivity index (χ3n) is 5.93. The molecule has 6 nitrogen and oxygen atoms in total. The Morgan fingerprint density at radius 2 is 1.66 bits per heavy atom. The minimum Gasteiger partial charge on any atom is -0.353 e. The van der Waals surface area contributed by atoms with Crippen LogP contribution in [0.4, 0.5) is 11.4 Å². The van der Waals surface area contributed by atoms with E-state index in [1.54, 1.807) is 43.3 Å². The summed E-state index contributed by atoms with van der Waals surface area (Å²) in [5.74, 6) is -1.14. The Hall–Kier alpha value is -3.70. The average molecular weight is 564 g/mol. The van der Waals surface area contributed by atoms with Gasteiger partial charge in [0.2, 0.25) is 5.91 Å². The number of nitriles is 1. The third-order valence-corrected chi connectivity index (χ3v) is 7.61. The standard InChI is InChI=1S/C29H24Cl2N4O2S/c1-17-8-11-22(14-24(17)31)34-25(36)16-38-29-23(15-32)27(19-6-4-3-5-7-19)26(18(2)33-29)28(37)35-21-12-9-20(30)10-13-21/h3-14,27,33H,16H2,1-2H3,(H,34,36)(H,35,37). The van der Waals surface area contributed by atoms with E-state index in [1.165, 1.54) is 11.8 Å². The number of anilines is 2. The maximum absolute atomic E-state index is 13.5. The van der Waals surface area contributed by atoms with Gasteiger partial charge in [0.25, 0.3) is 5.91 Å². The SMILES string of the molecule is CC1=C(C(=O)Nc2ccc(Cl)cc2)C(c2ccccc2)C(C#N)=C(SCC(=O)Nc2ccc(C)c(Cl)c2)N1. The fourth-order valence-electron chi connectivity index (χ4n) is 4.04. The summed E-state index contributed by atoms with van der Waals surface area (Å²) in [6.07, 6.45) is 0. The fourth-order valence-corrected chi connectivity index (χ4v) is 5.24. The van der Waals surface area contributed by atoms with Crippen molar-refractivity contribution < 1.29 is 9.59 Å². The molecule has 0 saturated heterocycles. The summed E-state index contributed by atoms with van der Waals surface area (Å²) < 4.78 is 0. The van der Waals surface area contributed by atoms with Crippen LogP contribution in [-0.2, 0) is 9.59 Å². The summed E-state index contributed by atoms with van der Waals surface area (Å²) in [5.41, 5.74) is 4.27. The van der Waals surface area contributed by atoms with Crippen molar-refractivity contribution in [3.8, 4) is 6.07 Å². The van der Waals surface area contributed by atoms with Crippen LogP contribution in [-0.4, -0.2) is 17.6 Å². The lowest BCUT2D eigenvalue weighted by molar-refractivity contribution is -0.114. The molecule has 0 bridgehead atoms. The van der Waals surface area contributed by atoms with Crippen LogP contribution in [0.25, 0.3) is 0 Å². The molecular weight excluding hydrogens is 539 g/mol. The molecule has 1 unspecified atom stereocenters. The normalized spacial score (nSPS) is 15.0. The number of carbonyl (C=O) groups excluding carboxylic acids is 2. The Morgan fingerprint density at radius 1 is 0.974 bits per heavy atom. The maximum Gasteiger partial charge on any atom is 0.254 e. The van der Waals surface area contributed by atoms with Crippen LogP contribution in [0.15, 0.2) is 94.7 Å². The second-order valence-electron chi connectivity index (χ2n) is 8.62. The molecule has 0 radical (unpaired) electrons. The van der Waals surface area contributed by atoms with Gasteiger partial charge in [0.15, 0.2) is 0 Å². The molecule has 0 aliphatic carbocycles. The zero-order valence-corrected chi connectivity index (χ0v) is 23.0. The molecule has 1 aliphatic rings. The minimum atomic E-state index is -0.615. The van der Waals surface area contributed by atoms with Crippen molar-refractivity contribution in [2.75, 3.05) is 16.4 Å². The molecule has 0 spiro atoms. The van der Waals surface area contributed by atoms with Gasteiger partial charge in [-0.3, -0.25) is 9.59 Å². The smallest absolute Gasteiger partial charge is 0.254 e. The van der Waals surface area contributed by atoms with E-state index in [4.69, 9.17) is 23.2 Å². The molecular formula is C29H24Cl2N4O2S. The molecule has 9 heteroatoms. The Bertz CT molecular complexity index is 1480. The highest BCUT2D eigenvalue weighted by atomic mass is 35.5. The Kier molecular flexibility index (Phi) is 8.80. The van der Waals surface area contributed by atoms with Gasteiger partial charge in [0.05, 0.1) is 28.3 Å². The number of thioether (sulfide) groups is 1. The molecule has 192 valence electrons. The second-order valence-corrected chi connectivity index (χ2v) is 10.5. The number of hydrogen-bond donors (Lipinski definition) is 3. The van der Waals surface area contributed by atoms with Gasteiger partial charge in [-0.05, 0) is 61.4 Å². The van der Waals surface area contributed by atoms with E-state index in [9.17, 15) is 14.9 Å². The van der Waals surface area contributed by atoms with Crippen molar-refractivity contribution in [3.05, 3.63) is 116 Å². The minimum absolute atomic E-state index is 0.0557. The highest BCUT2D eigenvalue weighted by molar-refractivity contribution is 8.03.